The first-order valence-electron chi connectivity index (χ1n) is 6.40. The van der Waals surface area contributed by atoms with E-state index in [1.807, 2.05) is 0 Å². The SMILES string of the molecule is O=C(O)c1c(F)cccc1-c1cc(-c2ccc(F)cc2)n[nH]1. The lowest BCUT2D eigenvalue weighted by Gasteiger charge is -2.04. The van der Waals surface area contributed by atoms with Gasteiger partial charge in [-0.05, 0) is 36.4 Å². The molecule has 0 bridgehead atoms. The van der Waals surface area contributed by atoms with Crippen LogP contribution in [0.15, 0.2) is 48.5 Å². The van der Waals surface area contributed by atoms with Gasteiger partial charge in [0.2, 0.25) is 0 Å². The molecule has 0 aliphatic heterocycles. The first kappa shape index (κ1) is 13.9. The van der Waals surface area contributed by atoms with Crippen LogP contribution in [0.5, 0.6) is 0 Å². The van der Waals surface area contributed by atoms with E-state index in [1.165, 1.54) is 24.3 Å². The summed E-state index contributed by atoms with van der Waals surface area (Å²) in [4.78, 5) is 11.2. The van der Waals surface area contributed by atoms with Gasteiger partial charge >= 0.3 is 5.97 Å². The summed E-state index contributed by atoms with van der Waals surface area (Å²) in [5.41, 5.74) is 1.33. The fourth-order valence-corrected chi connectivity index (χ4v) is 2.19. The normalized spacial score (nSPS) is 10.6. The Balaban J connectivity index is 2.07. The van der Waals surface area contributed by atoms with Crippen molar-refractivity contribution >= 4 is 5.97 Å². The summed E-state index contributed by atoms with van der Waals surface area (Å²) in [6, 6.07) is 11.3. The van der Waals surface area contributed by atoms with Crippen LogP contribution in [0.1, 0.15) is 10.4 Å². The average Bonchev–Trinajstić information content (AvgIpc) is 2.97. The highest BCUT2D eigenvalue weighted by molar-refractivity contribution is 5.96. The molecule has 4 nitrogen and oxygen atoms in total. The molecule has 0 unspecified atom stereocenters. The van der Waals surface area contributed by atoms with Gasteiger partial charge in [0.1, 0.15) is 17.2 Å². The highest BCUT2D eigenvalue weighted by atomic mass is 19.1. The Hall–Kier alpha value is -3.02. The monoisotopic (exact) mass is 300 g/mol. The smallest absolute Gasteiger partial charge is 0.339 e. The molecular formula is C16H10F2N2O2. The zero-order valence-corrected chi connectivity index (χ0v) is 11.2. The maximum atomic E-state index is 13.7. The lowest BCUT2D eigenvalue weighted by molar-refractivity contribution is 0.0693. The molecule has 0 atom stereocenters. The number of hydrogen-bond acceptors (Lipinski definition) is 2. The van der Waals surface area contributed by atoms with Crippen molar-refractivity contribution in [1.29, 1.82) is 0 Å². The van der Waals surface area contributed by atoms with Crippen LogP contribution in [0.3, 0.4) is 0 Å². The zero-order valence-electron chi connectivity index (χ0n) is 11.2. The molecule has 0 aliphatic carbocycles. The fourth-order valence-electron chi connectivity index (χ4n) is 2.19. The molecule has 0 saturated heterocycles. The molecule has 0 saturated carbocycles. The van der Waals surface area contributed by atoms with E-state index in [9.17, 15) is 13.6 Å². The molecule has 6 heteroatoms. The van der Waals surface area contributed by atoms with E-state index in [0.717, 1.165) is 6.07 Å². The number of halogens is 2. The molecule has 3 aromatic rings. The molecule has 2 aromatic carbocycles. The Morgan fingerprint density at radius 1 is 1.09 bits per heavy atom. The molecule has 0 aliphatic rings. The molecule has 0 amide bonds. The van der Waals surface area contributed by atoms with Crippen LogP contribution in [0.2, 0.25) is 0 Å². The molecule has 3 rings (SSSR count). The number of carboxylic acid groups (broad SMARTS) is 1. The number of nitrogens with zero attached hydrogens (tertiary/aromatic N) is 1. The first-order chi connectivity index (χ1) is 10.6. The number of carboxylic acids is 1. The Morgan fingerprint density at radius 3 is 2.50 bits per heavy atom. The maximum Gasteiger partial charge on any atom is 0.339 e. The summed E-state index contributed by atoms with van der Waals surface area (Å²) in [5.74, 6) is -2.54. The van der Waals surface area contributed by atoms with Crippen LogP contribution in [-0.4, -0.2) is 21.3 Å². The predicted octanol–water partition coefficient (Wildman–Crippen LogP) is 3.72. The Labute approximate surface area is 124 Å². The minimum atomic E-state index is -1.36. The second-order valence-electron chi connectivity index (χ2n) is 4.64. The molecule has 1 heterocycles. The fraction of sp³-hybridized carbons (Fsp3) is 0. The van der Waals surface area contributed by atoms with Gasteiger partial charge < -0.3 is 5.11 Å². The highest BCUT2D eigenvalue weighted by Crippen LogP contribution is 2.27. The molecule has 0 fully saturated rings. The number of aromatic carboxylic acids is 1. The molecule has 1 aromatic heterocycles. The number of nitrogens with one attached hydrogen (secondary N) is 1. The van der Waals surface area contributed by atoms with Crippen LogP contribution in [0, 0.1) is 11.6 Å². The van der Waals surface area contributed by atoms with Gasteiger partial charge in [0.05, 0.1) is 11.4 Å². The minimum Gasteiger partial charge on any atom is -0.478 e. The van der Waals surface area contributed by atoms with Crippen LogP contribution < -0.4 is 0 Å². The minimum absolute atomic E-state index is 0.202. The number of hydrogen-bond donors (Lipinski definition) is 2. The van der Waals surface area contributed by atoms with E-state index in [-0.39, 0.29) is 11.4 Å². The van der Waals surface area contributed by atoms with Crippen molar-refractivity contribution in [2.75, 3.05) is 0 Å². The molecule has 22 heavy (non-hydrogen) atoms. The number of rotatable bonds is 3. The van der Waals surface area contributed by atoms with Gasteiger partial charge in [0, 0.05) is 11.1 Å². The van der Waals surface area contributed by atoms with Gasteiger partial charge in [-0.2, -0.15) is 5.10 Å². The summed E-state index contributed by atoms with van der Waals surface area (Å²) >= 11 is 0. The van der Waals surface area contributed by atoms with Crippen molar-refractivity contribution in [3.8, 4) is 22.5 Å². The summed E-state index contributed by atoms with van der Waals surface area (Å²) < 4.78 is 26.6. The van der Waals surface area contributed by atoms with Crippen LogP contribution in [-0.2, 0) is 0 Å². The lowest BCUT2D eigenvalue weighted by Crippen LogP contribution is -2.03. The van der Waals surface area contributed by atoms with Crippen LogP contribution in [0.25, 0.3) is 22.5 Å². The average molecular weight is 300 g/mol. The number of aromatic amines is 1. The van der Waals surface area contributed by atoms with E-state index in [1.54, 1.807) is 18.2 Å². The largest absolute Gasteiger partial charge is 0.478 e. The number of carbonyl (C=O) groups is 1. The third-order valence-electron chi connectivity index (χ3n) is 3.24. The second-order valence-corrected chi connectivity index (χ2v) is 4.64. The first-order valence-corrected chi connectivity index (χ1v) is 6.40. The van der Waals surface area contributed by atoms with Crippen molar-refractivity contribution in [2.24, 2.45) is 0 Å². The summed E-state index contributed by atoms with van der Waals surface area (Å²) in [7, 11) is 0. The Kier molecular flexibility index (Phi) is 3.42. The Bertz CT molecular complexity index is 842. The van der Waals surface area contributed by atoms with Crippen LogP contribution >= 0.6 is 0 Å². The molecular weight excluding hydrogens is 290 g/mol. The van der Waals surface area contributed by atoms with Crippen molar-refractivity contribution in [3.05, 3.63) is 65.7 Å². The lowest BCUT2D eigenvalue weighted by atomic mass is 10.0. The van der Waals surface area contributed by atoms with E-state index in [0.29, 0.717) is 17.0 Å². The molecule has 0 spiro atoms. The third kappa shape index (κ3) is 2.46. The van der Waals surface area contributed by atoms with Gasteiger partial charge in [0.25, 0.3) is 0 Å². The predicted molar refractivity (Wildman–Crippen MR) is 76.3 cm³/mol. The van der Waals surface area contributed by atoms with Crippen molar-refractivity contribution in [2.45, 2.75) is 0 Å². The second kappa shape index (κ2) is 5.40. The number of benzene rings is 2. The van der Waals surface area contributed by atoms with E-state index >= 15 is 0 Å². The van der Waals surface area contributed by atoms with E-state index < -0.39 is 17.3 Å². The van der Waals surface area contributed by atoms with Crippen molar-refractivity contribution in [1.82, 2.24) is 10.2 Å². The van der Waals surface area contributed by atoms with Crippen molar-refractivity contribution < 1.29 is 18.7 Å². The quantitative estimate of drug-likeness (QED) is 0.774. The zero-order chi connectivity index (χ0) is 15.7. The van der Waals surface area contributed by atoms with Gasteiger partial charge in [-0.15, -0.1) is 0 Å². The summed E-state index contributed by atoms with van der Waals surface area (Å²) in [6.45, 7) is 0. The van der Waals surface area contributed by atoms with Gasteiger partial charge in [-0.3, -0.25) is 5.10 Å². The maximum absolute atomic E-state index is 13.7. The number of H-pyrrole nitrogens is 1. The standard InChI is InChI=1S/C16H10F2N2O2/c17-10-6-4-9(5-7-10)13-8-14(20-19-13)11-2-1-3-12(18)15(11)16(21)22/h1-8H,(H,19,20)(H,21,22). The van der Waals surface area contributed by atoms with Crippen molar-refractivity contribution in [3.63, 3.8) is 0 Å². The van der Waals surface area contributed by atoms with Crippen LogP contribution in [0.4, 0.5) is 8.78 Å². The topological polar surface area (TPSA) is 66.0 Å². The highest BCUT2D eigenvalue weighted by Gasteiger charge is 2.18. The summed E-state index contributed by atoms with van der Waals surface area (Å²) in [6.07, 6.45) is 0. The van der Waals surface area contributed by atoms with Gasteiger partial charge in [-0.1, -0.05) is 12.1 Å². The van der Waals surface area contributed by atoms with E-state index in [2.05, 4.69) is 10.2 Å². The molecule has 110 valence electrons. The molecule has 2 N–H and O–H groups in total. The Morgan fingerprint density at radius 2 is 1.82 bits per heavy atom. The third-order valence-corrected chi connectivity index (χ3v) is 3.24. The summed E-state index contributed by atoms with van der Waals surface area (Å²) in [5, 5.41) is 15.9. The molecule has 0 radical (unpaired) electrons. The number of aromatic nitrogens is 2. The van der Waals surface area contributed by atoms with Gasteiger partial charge in [-0.25, -0.2) is 13.6 Å². The van der Waals surface area contributed by atoms with Gasteiger partial charge in [0.15, 0.2) is 0 Å². The van der Waals surface area contributed by atoms with E-state index in [4.69, 9.17) is 5.11 Å².